The number of likely N-dealkylation sites (tertiary alicyclic amines) is 3. The molecule has 3 fully saturated rings. The summed E-state index contributed by atoms with van der Waals surface area (Å²) in [7, 11) is 0. The summed E-state index contributed by atoms with van der Waals surface area (Å²) in [6.07, 6.45) is 8.32. The van der Waals surface area contributed by atoms with Crippen LogP contribution in [0.15, 0.2) is 36.5 Å². The Morgan fingerprint density at radius 2 is 1.58 bits per heavy atom. The molecule has 6 rings (SSSR count). The molecule has 1 aromatic carbocycles. The van der Waals surface area contributed by atoms with Crippen molar-refractivity contribution in [2.75, 3.05) is 44.6 Å². The standard InChI is InChI=1S/C31H42N8O4/c40-28(37-16-11-24(12-17-37)39-21-22-6-2-3-7-25(22)34-31(39)43)20-27(33-29(41)26-8-13-32-35-26)30(42)38-18-9-23(10-19-38)36-14-4-1-5-15-36/h2-3,6-8,13,23-24,27H,1,4-5,9-12,14-21H2,(H,32,35)(H,33,41)(H,34,43). The van der Waals surface area contributed by atoms with E-state index in [1.165, 1.54) is 19.3 Å². The monoisotopic (exact) mass is 590 g/mol. The maximum absolute atomic E-state index is 13.7. The number of carbonyl (C=O) groups is 4. The van der Waals surface area contributed by atoms with E-state index in [-0.39, 0.29) is 36.0 Å². The lowest BCUT2D eigenvalue weighted by Crippen LogP contribution is -2.55. The maximum Gasteiger partial charge on any atom is 0.322 e. The van der Waals surface area contributed by atoms with Crippen molar-refractivity contribution >= 4 is 29.4 Å². The minimum absolute atomic E-state index is 0.0235. The smallest absolute Gasteiger partial charge is 0.322 e. The Kier molecular flexibility index (Phi) is 8.92. The second-order valence-electron chi connectivity index (χ2n) is 12.2. The molecule has 5 heterocycles. The van der Waals surface area contributed by atoms with Crippen LogP contribution in [0.4, 0.5) is 10.5 Å². The van der Waals surface area contributed by atoms with Gasteiger partial charge in [-0.3, -0.25) is 19.5 Å². The summed E-state index contributed by atoms with van der Waals surface area (Å²) in [5.41, 5.74) is 2.10. The largest absolute Gasteiger partial charge is 0.342 e. The highest BCUT2D eigenvalue weighted by atomic mass is 16.2. The lowest BCUT2D eigenvalue weighted by atomic mass is 9.98. The number of para-hydroxylation sites is 1. The second-order valence-corrected chi connectivity index (χ2v) is 12.2. The molecule has 43 heavy (non-hydrogen) atoms. The summed E-state index contributed by atoms with van der Waals surface area (Å²) in [5, 5.41) is 12.4. The van der Waals surface area contributed by atoms with Gasteiger partial charge >= 0.3 is 6.03 Å². The Morgan fingerprint density at radius 1 is 0.884 bits per heavy atom. The number of nitrogens with zero attached hydrogens (tertiary/aromatic N) is 5. The molecule has 5 amide bonds. The number of hydrogen-bond donors (Lipinski definition) is 3. The average molecular weight is 591 g/mol. The van der Waals surface area contributed by atoms with Crippen molar-refractivity contribution in [3.05, 3.63) is 47.8 Å². The van der Waals surface area contributed by atoms with E-state index < -0.39 is 11.9 Å². The van der Waals surface area contributed by atoms with E-state index in [1.54, 1.807) is 17.2 Å². The van der Waals surface area contributed by atoms with Gasteiger partial charge in [0.25, 0.3) is 5.91 Å². The number of H-pyrrole nitrogens is 1. The quantitative estimate of drug-likeness (QED) is 0.454. The van der Waals surface area contributed by atoms with Crippen molar-refractivity contribution in [2.45, 2.75) is 76.0 Å². The van der Waals surface area contributed by atoms with Gasteiger partial charge in [0.1, 0.15) is 11.7 Å². The first-order valence-corrected chi connectivity index (χ1v) is 15.7. The highest BCUT2D eigenvalue weighted by molar-refractivity contribution is 5.97. The zero-order valence-electron chi connectivity index (χ0n) is 24.7. The van der Waals surface area contributed by atoms with Crippen LogP contribution in [0.2, 0.25) is 0 Å². The molecule has 12 heteroatoms. The molecule has 1 atom stereocenters. The molecule has 0 aliphatic carbocycles. The third-order valence-corrected chi connectivity index (χ3v) is 9.52. The zero-order valence-corrected chi connectivity index (χ0v) is 24.7. The maximum atomic E-state index is 13.7. The van der Waals surface area contributed by atoms with Crippen molar-refractivity contribution in [1.29, 1.82) is 0 Å². The van der Waals surface area contributed by atoms with Crippen molar-refractivity contribution in [3.8, 4) is 0 Å². The molecular weight excluding hydrogens is 548 g/mol. The predicted octanol–water partition coefficient (Wildman–Crippen LogP) is 2.41. The molecule has 3 saturated heterocycles. The number of anilines is 1. The van der Waals surface area contributed by atoms with E-state index in [4.69, 9.17) is 0 Å². The molecule has 4 aliphatic rings. The minimum Gasteiger partial charge on any atom is -0.342 e. The van der Waals surface area contributed by atoms with Crippen LogP contribution in [-0.2, 0) is 16.1 Å². The number of amides is 5. The van der Waals surface area contributed by atoms with E-state index in [9.17, 15) is 19.2 Å². The third-order valence-electron chi connectivity index (χ3n) is 9.52. The molecule has 12 nitrogen and oxygen atoms in total. The molecule has 2 aromatic rings. The van der Waals surface area contributed by atoms with Crippen LogP contribution in [0.5, 0.6) is 0 Å². The van der Waals surface area contributed by atoms with Crippen LogP contribution in [0.1, 0.15) is 67.4 Å². The molecule has 0 saturated carbocycles. The lowest BCUT2D eigenvalue weighted by molar-refractivity contribution is -0.140. The number of fused-ring (bicyclic) bond motifs is 1. The summed E-state index contributed by atoms with van der Waals surface area (Å²) in [6.45, 7) is 5.02. The topological polar surface area (TPSA) is 134 Å². The van der Waals surface area contributed by atoms with Gasteiger partial charge in [0.05, 0.1) is 6.42 Å². The second kappa shape index (κ2) is 13.2. The number of benzene rings is 1. The third kappa shape index (κ3) is 6.69. The Hall–Kier alpha value is -3.93. The SMILES string of the molecule is O=C(NC(CC(=O)N1CCC(N2Cc3ccccc3NC2=O)CC1)C(=O)N1CCC(N2CCCCC2)CC1)c1cc[nH]n1. The highest BCUT2D eigenvalue weighted by Crippen LogP contribution is 2.28. The van der Waals surface area contributed by atoms with E-state index in [0.717, 1.165) is 37.2 Å². The van der Waals surface area contributed by atoms with Crippen LogP contribution >= 0.6 is 0 Å². The first-order chi connectivity index (χ1) is 21.0. The van der Waals surface area contributed by atoms with Crippen molar-refractivity contribution in [3.63, 3.8) is 0 Å². The van der Waals surface area contributed by atoms with E-state index in [1.807, 2.05) is 34.1 Å². The lowest BCUT2D eigenvalue weighted by Gasteiger charge is -2.41. The van der Waals surface area contributed by atoms with Crippen molar-refractivity contribution < 1.29 is 19.2 Å². The fourth-order valence-electron chi connectivity index (χ4n) is 7.02. The van der Waals surface area contributed by atoms with Gasteiger partial charge in [-0.1, -0.05) is 24.6 Å². The van der Waals surface area contributed by atoms with Crippen LogP contribution < -0.4 is 10.6 Å². The minimum atomic E-state index is -0.967. The Balaban J connectivity index is 1.06. The van der Waals surface area contributed by atoms with Gasteiger partial charge in [0, 0.05) is 56.7 Å². The normalized spacial score (nSPS) is 21.2. The fourth-order valence-corrected chi connectivity index (χ4v) is 7.02. The van der Waals surface area contributed by atoms with E-state index in [2.05, 4.69) is 25.7 Å². The molecule has 0 spiro atoms. The molecule has 1 unspecified atom stereocenters. The number of hydrogen-bond acceptors (Lipinski definition) is 6. The van der Waals surface area contributed by atoms with Gasteiger partial charge < -0.3 is 30.2 Å². The van der Waals surface area contributed by atoms with Crippen molar-refractivity contribution in [1.82, 2.24) is 35.1 Å². The first kappa shape index (κ1) is 29.2. The number of nitrogens with one attached hydrogen (secondary N) is 3. The van der Waals surface area contributed by atoms with Crippen LogP contribution in [0.25, 0.3) is 0 Å². The van der Waals surface area contributed by atoms with Crippen LogP contribution in [0.3, 0.4) is 0 Å². The Bertz CT molecular complexity index is 1290. The molecule has 1 aromatic heterocycles. The van der Waals surface area contributed by atoms with Gasteiger partial charge in [0.2, 0.25) is 11.8 Å². The molecule has 4 aliphatic heterocycles. The predicted molar refractivity (Wildman–Crippen MR) is 160 cm³/mol. The molecule has 3 N–H and O–H groups in total. The Labute approximate surface area is 252 Å². The first-order valence-electron chi connectivity index (χ1n) is 15.7. The number of aromatic amines is 1. The van der Waals surface area contributed by atoms with Crippen LogP contribution in [-0.4, -0.2) is 111 Å². The zero-order chi connectivity index (χ0) is 29.8. The van der Waals surface area contributed by atoms with E-state index in [0.29, 0.717) is 51.6 Å². The summed E-state index contributed by atoms with van der Waals surface area (Å²) in [5.74, 6) is -0.866. The summed E-state index contributed by atoms with van der Waals surface area (Å²) in [6, 6.07) is 8.78. The number of piperidine rings is 3. The molecule has 0 radical (unpaired) electrons. The fraction of sp³-hybridized carbons (Fsp3) is 0.581. The molecule has 0 bridgehead atoms. The van der Waals surface area contributed by atoms with Gasteiger partial charge in [-0.25, -0.2) is 4.79 Å². The van der Waals surface area contributed by atoms with Crippen molar-refractivity contribution in [2.24, 2.45) is 0 Å². The van der Waals surface area contributed by atoms with E-state index >= 15 is 0 Å². The summed E-state index contributed by atoms with van der Waals surface area (Å²) >= 11 is 0. The van der Waals surface area contributed by atoms with Gasteiger partial charge in [-0.15, -0.1) is 0 Å². The molecular formula is C31H42N8O4. The Morgan fingerprint density at radius 3 is 2.30 bits per heavy atom. The van der Waals surface area contributed by atoms with Crippen LogP contribution in [0, 0.1) is 0 Å². The number of carbonyl (C=O) groups excluding carboxylic acids is 4. The van der Waals surface area contributed by atoms with Gasteiger partial charge in [0.15, 0.2) is 0 Å². The highest BCUT2D eigenvalue weighted by Gasteiger charge is 2.36. The number of rotatable bonds is 7. The van der Waals surface area contributed by atoms with Gasteiger partial charge in [-0.05, 0) is 69.3 Å². The molecule has 230 valence electrons. The van der Waals surface area contributed by atoms with Gasteiger partial charge in [-0.2, -0.15) is 5.10 Å². The number of urea groups is 1. The average Bonchev–Trinajstić information content (AvgIpc) is 3.60. The summed E-state index contributed by atoms with van der Waals surface area (Å²) in [4.78, 5) is 61.0. The number of aromatic nitrogens is 2. The summed E-state index contributed by atoms with van der Waals surface area (Å²) < 4.78 is 0.